The van der Waals surface area contributed by atoms with Crippen LogP contribution in [0.2, 0.25) is 0 Å². The van der Waals surface area contributed by atoms with Crippen LogP contribution in [0.4, 0.5) is 0 Å². The predicted octanol–water partition coefficient (Wildman–Crippen LogP) is 3.26. The van der Waals surface area contributed by atoms with E-state index in [4.69, 9.17) is 4.42 Å². The molecule has 3 aromatic carbocycles. The molecule has 5 rings (SSSR count). The standard InChI is InChI=1S/C20H12BO3/c22-21(23)17-11-5-10-16-18-14-8-3-1-6-12(14)13-7-2-4-9-15(13)20(18)24-19(16)17/h2-11,22-23H/q+1. The Hall–Kier alpha value is -2.91. The van der Waals surface area contributed by atoms with Gasteiger partial charge in [-0.15, -0.1) is 0 Å². The number of allylic oxidation sites excluding steroid dienone is 2. The molecule has 1 aliphatic carbocycles. The summed E-state index contributed by atoms with van der Waals surface area (Å²) in [4.78, 5) is 0. The highest BCUT2D eigenvalue weighted by Crippen LogP contribution is 2.40. The maximum absolute atomic E-state index is 9.66. The Balaban J connectivity index is 2.10. The van der Waals surface area contributed by atoms with E-state index in [9.17, 15) is 10.0 Å². The van der Waals surface area contributed by atoms with Gasteiger partial charge in [0.1, 0.15) is 34.4 Å². The van der Waals surface area contributed by atoms with E-state index in [-0.39, 0.29) is 0 Å². The number of furan rings is 1. The first-order valence-electron chi connectivity index (χ1n) is 7.77. The third kappa shape index (κ3) is 1.68. The van der Waals surface area contributed by atoms with Crippen molar-refractivity contribution in [3.63, 3.8) is 0 Å². The highest BCUT2D eigenvalue weighted by Gasteiger charge is 2.26. The van der Waals surface area contributed by atoms with Crippen molar-refractivity contribution in [2.75, 3.05) is 0 Å². The lowest BCUT2D eigenvalue weighted by Crippen LogP contribution is -2.29. The lowest BCUT2D eigenvalue weighted by molar-refractivity contribution is 0.425. The van der Waals surface area contributed by atoms with Crippen LogP contribution >= 0.6 is 0 Å². The van der Waals surface area contributed by atoms with Crippen molar-refractivity contribution in [2.45, 2.75) is 0 Å². The Kier molecular flexibility index (Phi) is 2.70. The first-order chi connectivity index (χ1) is 11.8. The lowest BCUT2D eigenvalue weighted by atomic mass is 9.79. The van der Waals surface area contributed by atoms with Gasteiger partial charge in [0.15, 0.2) is 0 Å². The van der Waals surface area contributed by atoms with Gasteiger partial charge in [0.25, 0.3) is 0 Å². The molecule has 0 aliphatic heterocycles. The second kappa shape index (κ2) is 4.79. The minimum absolute atomic E-state index is 0.378. The highest BCUT2D eigenvalue weighted by atomic mass is 16.4. The molecular formula is C20H12BO3+. The molecule has 0 saturated carbocycles. The zero-order chi connectivity index (χ0) is 16.3. The number of hydrogen-bond acceptors (Lipinski definition) is 3. The molecule has 1 aromatic heterocycles. The van der Waals surface area contributed by atoms with Crippen molar-refractivity contribution in [2.24, 2.45) is 0 Å². The van der Waals surface area contributed by atoms with Gasteiger partial charge in [-0.3, -0.25) is 0 Å². The van der Waals surface area contributed by atoms with Crippen LogP contribution in [-0.2, 0) is 0 Å². The van der Waals surface area contributed by atoms with Gasteiger partial charge >= 0.3 is 7.12 Å². The second-order valence-electron chi connectivity index (χ2n) is 5.92. The molecular weight excluding hydrogens is 299 g/mol. The second-order valence-corrected chi connectivity index (χ2v) is 5.92. The summed E-state index contributed by atoms with van der Waals surface area (Å²) in [6.07, 6.45) is 9.06. The molecule has 0 unspecified atom stereocenters. The molecule has 4 aromatic rings. The number of hydrogen-bond donors (Lipinski definition) is 2. The molecule has 1 heterocycles. The third-order valence-electron chi connectivity index (χ3n) is 4.62. The average molecular weight is 311 g/mol. The van der Waals surface area contributed by atoms with Crippen molar-refractivity contribution < 1.29 is 14.5 Å². The molecule has 2 N–H and O–H groups in total. The number of rotatable bonds is 1. The van der Waals surface area contributed by atoms with Gasteiger partial charge in [-0.1, -0.05) is 30.3 Å². The summed E-state index contributed by atoms with van der Waals surface area (Å²) in [5, 5.41) is 23.3. The smallest absolute Gasteiger partial charge is 0.456 e. The van der Waals surface area contributed by atoms with Crippen LogP contribution in [0.1, 0.15) is 11.1 Å². The maximum atomic E-state index is 9.66. The predicted molar refractivity (Wildman–Crippen MR) is 97.8 cm³/mol. The van der Waals surface area contributed by atoms with Gasteiger partial charge < -0.3 is 14.5 Å². The fourth-order valence-electron chi connectivity index (χ4n) is 3.59. The Morgan fingerprint density at radius 3 is 2.46 bits per heavy atom. The van der Waals surface area contributed by atoms with Crippen molar-refractivity contribution in [1.82, 2.24) is 0 Å². The monoisotopic (exact) mass is 311 g/mol. The van der Waals surface area contributed by atoms with Gasteiger partial charge in [0.2, 0.25) is 0 Å². The molecule has 0 radical (unpaired) electrons. The SMILES string of the molecule is OB(O)c1cccc2c1oc1c3ccccc3c3c(c21)C=C[C+]=C3. The highest BCUT2D eigenvalue weighted by molar-refractivity contribution is 6.62. The molecule has 0 amide bonds. The van der Waals surface area contributed by atoms with Crippen molar-refractivity contribution >= 4 is 57.4 Å². The molecule has 0 spiro atoms. The van der Waals surface area contributed by atoms with Crippen LogP contribution in [0, 0.1) is 6.08 Å². The van der Waals surface area contributed by atoms with Gasteiger partial charge in [-0.25, -0.2) is 0 Å². The Bertz CT molecular complexity index is 1180. The van der Waals surface area contributed by atoms with E-state index in [1.165, 1.54) is 0 Å². The summed E-state index contributed by atoms with van der Waals surface area (Å²) in [5.74, 6) is 0. The summed E-state index contributed by atoms with van der Waals surface area (Å²) in [5.41, 5.74) is 3.85. The Morgan fingerprint density at radius 1 is 0.833 bits per heavy atom. The van der Waals surface area contributed by atoms with Crippen LogP contribution < -0.4 is 5.46 Å². The van der Waals surface area contributed by atoms with Crippen molar-refractivity contribution in [3.8, 4) is 0 Å². The zero-order valence-electron chi connectivity index (χ0n) is 12.7. The topological polar surface area (TPSA) is 53.6 Å². The first-order valence-corrected chi connectivity index (χ1v) is 7.77. The van der Waals surface area contributed by atoms with Crippen LogP contribution in [0.15, 0.2) is 53.0 Å². The van der Waals surface area contributed by atoms with E-state index in [2.05, 4.69) is 12.1 Å². The van der Waals surface area contributed by atoms with E-state index >= 15 is 0 Å². The molecule has 1 aliphatic rings. The van der Waals surface area contributed by atoms with Gasteiger partial charge in [-0.2, -0.15) is 0 Å². The summed E-state index contributed by atoms with van der Waals surface area (Å²) < 4.78 is 6.14. The Morgan fingerprint density at radius 2 is 1.62 bits per heavy atom. The van der Waals surface area contributed by atoms with Crippen LogP contribution in [0.3, 0.4) is 0 Å². The van der Waals surface area contributed by atoms with E-state index in [1.807, 2.05) is 48.6 Å². The quantitative estimate of drug-likeness (QED) is 0.419. The first kappa shape index (κ1) is 13.5. The lowest BCUT2D eigenvalue weighted by Gasteiger charge is -2.04. The minimum atomic E-state index is -1.57. The largest absolute Gasteiger partial charge is 0.492 e. The van der Waals surface area contributed by atoms with E-state index in [1.54, 1.807) is 6.07 Å². The molecule has 0 fully saturated rings. The molecule has 4 heteroatoms. The summed E-state index contributed by atoms with van der Waals surface area (Å²) in [6.45, 7) is 0. The summed E-state index contributed by atoms with van der Waals surface area (Å²) >= 11 is 0. The fraction of sp³-hybridized carbons (Fsp3) is 0. The average Bonchev–Trinajstić information content (AvgIpc) is 3.01. The summed E-state index contributed by atoms with van der Waals surface area (Å²) in [7, 11) is -1.57. The number of benzene rings is 3. The molecule has 0 atom stereocenters. The van der Waals surface area contributed by atoms with Crippen LogP contribution in [-0.4, -0.2) is 17.2 Å². The van der Waals surface area contributed by atoms with Crippen LogP contribution in [0.25, 0.3) is 44.9 Å². The van der Waals surface area contributed by atoms with Gasteiger partial charge in [0, 0.05) is 22.3 Å². The molecule has 0 bridgehead atoms. The normalized spacial score (nSPS) is 12.8. The fourth-order valence-corrected chi connectivity index (χ4v) is 3.59. The maximum Gasteiger partial charge on any atom is 0.492 e. The molecule has 24 heavy (non-hydrogen) atoms. The van der Waals surface area contributed by atoms with Gasteiger partial charge in [-0.05, 0) is 12.1 Å². The van der Waals surface area contributed by atoms with E-state index < -0.39 is 7.12 Å². The number of fused-ring (bicyclic) bond motifs is 8. The summed E-state index contributed by atoms with van der Waals surface area (Å²) in [6, 6.07) is 13.5. The molecule has 0 saturated heterocycles. The minimum Gasteiger partial charge on any atom is -0.456 e. The third-order valence-corrected chi connectivity index (χ3v) is 4.62. The van der Waals surface area contributed by atoms with Crippen LogP contribution in [0.5, 0.6) is 0 Å². The zero-order valence-corrected chi connectivity index (χ0v) is 12.7. The number of para-hydroxylation sites is 1. The Labute approximate surface area is 138 Å². The van der Waals surface area contributed by atoms with Crippen molar-refractivity contribution in [1.29, 1.82) is 0 Å². The van der Waals surface area contributed by atoms with E-state index in [0.29, 0.717) is 11.0 Å². The molecule has 3 nitrogen and oxygen atoms in total. The van der Waals surface area contributed by atoms with Crippen molar-refractivity contribution in [3.05, 3.63) is 65.7 Å². The van der Waals surface area contributed by atoms with E-state index in [0.717, 1.165) is 38.3 Å². The molecule has 112 valence electrons. The van der Waals surface area contributed by atoms with Gasteiger partial charge in [0.05, 0.1) is 16.8 Å².